The summed E-state index contributed by atoms with van der Waals surface area (Å²) < 4.78 is 4.95. The summed E-state index contributed by atoms with van der Waals surface area (Å²) in [5, 5.41) is 9.41. The summed E-state index contributed by atoms with van der Waals surface area (Å²) in [5.41, 5.74) is 11.3. The number of thiophene rings is 1. The second-order valence-corrected chi connectivity index (χ2v) is 5.10. The second kappa shape index (κ2) is 5.79. The quantitative estimate of drug-likeness (QED) is 0.611. The average Bonchev–Trinajstić information content (AvgIpc) is 2.99. The Morgan fingerprint density at radius 1 is 1.43 bits per heavy atom. The lowest BCUT2D eigenvalue weighted by Crippen LogP contribution is -2.19. The first kappa shape index (κ1) is 14.8. The van der Waals surface area contributed by atoms with Gasteiger partial charge >= 0.3 is 0 Å². The van der Waals surface area contributed by atoms with Gasteiger partial charge in [0.1, 0.15) is 9.88 Å². The fourth-order valence-corrected chi connectivity index (χ4v) is 2.73. The minimum absolute atomic E-state index is 0.0519. The first-order valence-corrected chi connectivity index (χ1v) is 6.72. The van der Waals surface area contributed by atoms with Crippen molar-refractivity contribution < 1.29 is 14.1 Å². The van der Waals surface area contributed by atoms with E-state index in [9.17, 15) is 9.59 Å². The Morgan fingerprint density at radius 2 is 2.14 bits per heavy atom. The number of primary amides is 1. The monoisotopic (exact) mass is 310 g/mol. The van der Waals surface area contributed by atoms with Crippen LogP contribution < -0.4 is 22.1 Å². The molecule has 2 heterocycles. The third-order valence-corrected chi connectivity index (χ3v) is 3.76. The molecular weight excluding hydrogens is 296 g/mol. The van der Waals surface area contributed by atoms with Crippen molar-refractivity contribution in [2.24, 2.45) is 5.73 Å². The lowest BCUT2D eigenvalue weighted by molar-refractivity contribution is 0.0967. The van der Waals surface area contributed by atoms with Crippen molar-refractivity contribution in [2.75, 3.05) is 18.1 Å². The molecule has 0 radical (unpaired) electrons. The summed E-state index contributed by atoms with van der Waals surface area (Å²) in [4.78, 5) is 27.4. The molecule has 21 heavy (non-hydrogen) atoms. The minimum atomic E-state index is -0.719. The van der Waals surface area contributed by atoms with E-state index in [-0.39, 0.29) is 28.6 Å². The highest BCUT2D eigenvalue weighted by Gasteiger charge is 2.23. The largest absolute Gasteiger partial charge is 0.397 e. The van der Waals surface area contributed by atoms with Gasteiger partial charge in [0, 0.05) is 7.05 Å². The molecule has 2 aromatic rings. The zero-order valence-corrected chi connectivity index (χ0v) is 12.2. The molecule has 10 heteroatoms. The normalized spacial score (nSPS) is 10.4. The Morgan fingerprint density at radius 3 is 2.67 bits per heavy atom. The second-order valence-electron chi connectivity index (χ2n) is 4.08. The van der Waals surface area contributed by atoms with E-state index in [0.717, 1.165) is 11.3 Å². The first-order chi connectivity index (χ1) is 9.93. The Bertz CT molecular complexity index is 692. The number of aromatic nitrogens is 2. The number of aryl methyl sites for hydroxylation is 1. The van der Waals surface area contributed by atoms with E-state index < -0.39 is 5.91 Å². The van der Waals surface area contributed by atoms with Crippen molar-refractivity contribution in [2.45, 2.75) is 13.5 Å². The molecule has 2 amide bonds. The molecule has 9 nitrogen and oxygen atoms in total. The van der Waals surface area contributed by atoms with Crippen molar-refractivity contribution in [3.8, 4) is 0 Å². The van der Waals surface area contributed by atoms with E-state index in [1.54, 1.807) is 6.92 Å². The SMILES string of the molecule is CNC(=O)c1sc(NCc2nc(C)no2)c(C(N)=O)c1N. The number of amides is 2. The van der Waals surface area contributed by atoms with Gasteiger partial charge in [0.2, 0.25) is 5.89 Å². The molecule has 0 aliphatic rings. The van der Waals surface area contributed by atoms with Crippen LogP contribution >= 0.6 is 11.3 Å². The van der Waals surface area contributed by atoms with E-state index in [1.165, 1.54) is 7.05 Å². The van der Waals surface area contributed by atoms with Crippen LogP contribution in [0.4, 0.5) is 10.7 Å². The third-order valence-electron chi connectivity index (χ3n) is 2.59. The molecule has 0 aromatic carbocycles. The summed E-state index contributed by atoms with van der Waals surface area (Å²) in [6.07, 6.45) is 0. The van der Waals surface area contributed by atoms with Crippen LogP contribution in [0.2, 0.25) is 0 Å². The number of nitrogens with two attached hydrogens (primary N) is 2. The third kappa shape index (κ3) is 2.94. The number of anilines is 2. The van der Waals surface area contributed by atoms with Crippen LogP contribution in [-0.4, -0.2) is 29.0 Å². The van der Waals surface area contributed by atoms with Crippen LogP contribution in [0.25, 0.3) is 0 Å². The number of carbonyl (C=O) groups is 2. The van der Waals surface area contributed by atoms with E-state index in [0.29, 0.717) is 16.7 Å². The van der Waals surface area contributed by atoms with Gasteiger partial charge in [0.25, 0.3) is 11.8 Å². The maximum Gasteiger partial charge on any atom is 0.263 e. The average molecular weight is 310 g/mol. The zero-order chi connectivity index (χ0) is 15.6. The summed E-state index contributed by atoms with van der Waals surface area (Å²) in [6.45, 7) is 1.88. The Hall–Kier alpha value is -2.62. The fourth-order valence-electron chi connectivity index (χ4n) is 1.66. The predicted molar refractivity (Wildman–Crippen MR) is 77.0 cm³/mol. The number of carbonyl (C=O) groups excluding carboxylic acids is 2. The molecule has 2 rings (SSSR count). The first-order valence-electron chi connectivity index (χ1n) is 5.91. The lowest BCUT2D eigenvalue weighted by atomic mass is 10.2. The summed E-state index contributed by atoms with van der Waals surface area (Å²) in [6, 6.07) is 0. The van der Waals surface area contributed by atoms with Gasteiger partial charge < -0.3 is 26.6 Å². The Kier molecular flexibility index (Phi) is 4.08. The maximum absolute atomic E-state index is 11.7. The topological polar surface area (TPSA) is 149 Å². The van der Waals surface area contributed by atoms with Crippen molar-refractivity contribution in [1.82, 2.24) is 15.5 Å². The van der Waals surface area contributed by atoms with Crippen LogP contribution in [-0.2, 0) is 6.54 Å². The summed E-state index contributed by atoms with van der Waals surface area (Å²) >= 11 is 1.03. The molecule has 112 valence electrons. The summed E-state index contributed by atoms with van der Waals surface area (Å²) in [7, 11) is 1.47. The van der Waals surface area contributed by atoms with Gasteiger partial charge in [-0.15, -0.1) is 11.3 Å². The molecule has 0 bridgehead atoms. The van der Waals surface area contributed by atoms with Crippen LogP contribution in [0.5, 0.6) is 0 Å². The number of rotatable bonds is 5. The molecule has 6 N–H and O–H groups in total. The Balaban J connectivity index is 2.29. The molecule has 0 unspecified atom stereocenters. The van der Waals surface area contributed by atoms with Gasteiger partial charge in [-0.2, -0.15) is 4.98 Å². The highest BCUT2D eigenvalue weighted by Crippen LogP contribution is 2.35. The standard InChI is InChI=1S/C11H14N6O3S/c1-4-16-5(20-17-4)3-15-11-6(9(13)18)7(12)8(21-11)10(19)14-2/h15H,3,12H2,1-2H3,(H2,13,18)(H,14,19). The molecule has 0 spiro atoms. The number of nitrogen functional groups attached to an aromatic ring is 1. The molecule has 0 saturated carbocycles. The lowest BCUT2D eigenvalue weighted by Gasteiger charge is -2.02. The number of hydrogen-bond donors (Lipinski definition) is 4. The van der Waals surface area contributed by atoms with Gasteiger partial charge in [-0.05, 0) is 6.92 Å². The van der Waals surface area contributed by atoms with Crippen molar-refractivity contribution >= 4 is 33.8 Å². The number of nitrogens with one attached hydrogen (secondary N) is 2. The van der Waals surface area contributed by atoms with Crippen LogP contribution in [0.1, 0.15) is 31.7 Å². The van der Waals surface area contributed by atoms with E-state index in [2.05, 4.69) is 20.8 Å². The molecule has 0 saturated heterocycles. The smallest absolute Gasteiger partial charge is 0.263 e. The van der Waals surface area contributed by atoms with Crippen LogP contribution in [0, 0.1) is 6.92 Å². The highest BCUT2D eigenvalue weighted by molar-refractivity contribution is 7.19. The zero-order valence-electron chi connectivity index (χ0n) is 11.4. The number of hydrogen-bond acceptors (Lipinski definition) is 8. The number of nitrogens with zero attached hydrogens (tertiary/aromatic N) is 2. The van der Waals surface area contributed by atoms with Crippen LogP contribution in [0.3, 0.4) is 0 Å². The minimum Gasteiger partial charge on any atom is -0.397 e. The van der Waals surface area contributed by atoms with E-state index in [4.69, 9.17) is 16.0 Å². The summed E-state index contributed by atoms with van der Waals surface area (Å²) in [5.74, 6) is -0.264. The molecule has 0 aliphatic carbocycles. The molecule has 2 aromatic heterocycles. The van der Waals surface area contributed by atoms with E-state index in [1.807, 2.05) is 0 Å². The van der Waals surface area contributed by atoms with Crippen molar-refractivity contribution in [1.29, 1.82) is 0 Å². The van der Waals surface area contributed by atoms with Gasteiger partial charge in [-0.3, -0.25) is 9.59 Å². The predicted octanol–water partition coefficient (Wildman–Crippen LogP) is 0.0923. The van der Waals surface area contributed by atoms with Gasteiger partial charge in [-0.1, -0.05) is 5.16 Å². The van der Waals surface area contributed by atoms with E-state index >= 15 is 0 Å². The fraction of sp³-hybridized carbons (Fsp3) is 0.273. The molecule has 0 aliphatic heterocycles. The molecular formula is C11H14N6O3S. The van der Waals surface area contributed by atoms with Crippen molar-refractivity contribution in [3.05, 3.63) is 22.2 Å². The van der Waals surface area contributed by atoms with Crippen LogP contribution in [0.15, 0.2) is 4.52 Å². The van der Waals surface area contributed by atoms with Gasteiger partial charge in [-0.25, -0.2) is 0 Å². The highest BCUT2D eigenvalue weighted by atomic mass is 32.1. The molecule has 0 fully saturated rings. The molecule has 0 atom stereocenters. The Labute approximate surface area is 123 Å². The van der Waals surface area contributed by atoms with Crippen molar-refractivity contribution in [3.63, 3.8) is 0 Å². The van der Waals surface area contributed by atoms with Gasteiger partial charge in [0.05, 0.1) is 17.8 Å². The maximum atomic E-state index is 11.7. The van der Waals surface area contributed by atoms with Gasteiger partial charge in [0.15, 0.2) is 5.82 Å².